The molecular formula is C18H26N2O. The molecule has 0 aromatic heterocycles. The van der Waals surface area contributed by atoms with Gasteiger partial charge in [0.15, 0.2) is 5.78 Å². The van der Waals surface area contributed by atoms with Gasteiger partial charge in [-0.15, -0.1) is 0 Å². The molecule has 0 atom stereocenters. The van der Waals surface area contributed by atoms with Crippen molar-refractivity contribution >= 4 is 5.78 Å². The van der Waals surface area contributed by atoms with Crippen molar-refractivity contribution in [3.8, 4) is 0 Å². The molecule has 1 aliphatic rings. The highest BCUT2D eigenvalue weighted by atomic mass is 16.1. The SMILES string of the molecule is CN(C)C=CC=CC=C1CCCC(=CC=CN(C)C)C1=O. The van der Waals surface area contributed by atoms with Gasteiger partial charge in [0.25, 0.3) is 0 Å². The molecule has 0 heterocycles. The number of carbonyl (C=O) groups is 1. The smallest absolute Gasteiger partial charge is 0.184 e. The van der Waals surface area contributed by atoms with Crippen LogP contribution in [-0.4, -0.2) is 43.8 Å². The van der Waals surface area contributed by atoms with Crippen LogP contribution >= 0.6 is 0 Å². The minimum absolute atomic E-state index is 0.186. The van der Waals surface area contributed by atoms with Crippen LogP contribution in [0.4, 0.5) is 0 Å². The molecule has 1 saturated carbocycles. The monoisotopic (exact) mass is 286 g/mol. The summed E-state index contributed by atoms with van der Waals surface area (Å²) in [6.45, 7) is 0. The van der Waals surface area contributed by atoms with Gasteiger partial charge in [0, 0.05) is 28.2 Å². The second-order valence-corrected chi connectivity index (χ2v) is 5.56. The van der Waals surface area contributed by atoms with Crippen LogP contribution in [-0.2, 0) is 4.79 Å². The summed E-state index contributed by atoms with van der Waals surface area (Å²) in [5, 5.41) is 0. The van der Waals surface area contributed by atoms with Gasteiger partial charge in [-0.3, -0.25) is 4.79 Å². The van der Waals surface area contributed by atoms with Crippen LogP contribution < -0.4 is 0 Å². The van der Waals surface area contributed by atoms with Gasteiger partial charge in [-0.2, -0.15) is 0 Å². The number of hydrogen-bond acceptors (Lipinski definition) is 3. The molecule has 0 radical (unpaired) electrons. The zero-order valence-corrected chi connectivity index (χ0v) is 13.5. The molecule has 0 N–H and O–H groups in total. The van der Waals surface area contributed by atoms with Crippen molar-refractivity contribution in [2.24, 2.45) is 0 Å². The summed E-state index contributed by atoms with van der Waals surface area (Å²) in [6.07, 6.45) is 18.4. The topological polar surface area (TPSA) is 23.6 Å². The lowest BCUT2D eigenvalue weighted by Gasteiger charge is -2.15. The van der Waals surface area contributed by atoms with Crippen LogP contribution in [0, 0.1) is 0 Å². The summed E-state index contributed by atoms with van der Waals surface area (Å²) in [7, 11) is 7.89. The fourth-order valence-electron chi connectivity index (χ4n) is 2.01. The average Bonchev–Trinajstić information content (AvgIpc) is 2.41. The van der Waals surface area contributed by atoms with Crippen molar-refractivity contribution in [2.75, 3.05) is 28.2 Å². The Bertz CT molecular complexity index is 491. The lowest BCUT2D eigenvalue weighted by molar-refractivity contribution is -0.113. The zero-order chi connectivity index (χ0) is 15.7. The highest BCUT2D eigenvalue weighted by molar-refractivity contribution is 6.09. The number of carbonyl (C=O) groups excluding carboxylic acids is 1. The lowest BCUT2D eigenvalue weighted by atomic mass is 9.88. The molecule has 0 amide bonds. The third-order valence-electron chi connectivity index (χ3n) is 3.06. The third kappa shape index (κ3) is 6.80. The Morgan fingerprint density at radius 2 is 1.29 bits per heavy atom. The molecule has 21 heavy (non-hydrogen) atoms. The number of allylic oxidation sites excluding steroid dienone is 8. The second kappa shape index (κ2) is 9.01. The number of Topliss-reactive ketones (excluding diaryl/α,β-unsaturated/α-hetero) is 1. The largest absolute Gasteiger partial charge is 0.383 e. The van der Waals surface area contributed by atoms with E-state index in [0.29, 0.717) is 0 Å². The van der Waals surface area contributed by atoms with Gasteiger partial charge in [-0.1, -0.05) is 24.3 Å². The van der Waals surface area contributed by atoms with E-state index in [-0.39, 0.29) is 5.78 Å². The van der Waals surface area contributed by atoms with Crippen LogP contribution in [0.25, 0.3) is 0 Å². The van der Waals surface area contributed by atoms with Gasteiger partial charge in [-0.05, 0) is 55.0 Å². The molecular weight excluding hydrogens is 260 g/mol. The normalized spacial score (nSPS) is 20.5. The molecule has 0 aromatic carbocycles. The van der Waals surface area contributed by atoms with Crippen LogP contribution in [0.15, 0.2) is 60.0 Å². The van der Waals surface area contributed by atoms with E-state index in [1.54, 1.807) is 0 Å². The number of nitrogens with zero attached hydrogens (tertiary/aromatic N) is 2. The Balaban J connectivity index is 2.70. The minimum Gasteiger partial charge on any atom is -0.383 e. The Kier molecular flexibility index (Phi) is 7.30. The maximum atomic E-state index is 12.3. The second-order valence-electron chi connectivity index (χ2n) is 5.56. The summed E-state index contributed by atoms with van der Waals surface area (Å²) in [5.41, 5.74) is 1.81. The van der Waals surface area contributed by atoms with Gasteiger partial charge in [0.05, 0.1) is 0 Å². The molecule has 0 aromatic rings. The number of ketones is 1. The van der Waals surface area contributed by atoms with Crippen molar-refractivity contribution in [1.29, 1.82) is 0 Å². The highest BCUT2D eigenvalue weighted by Crippen LogP contribution is 2.24. The van der Waals surface area contributed by atoms with Crippen molar-refractivity contribution in [1.82, 2.24) is 9.80 Å². The molecule has 3 heteroatoms. The zero-order valence-electron chi connectivity index (χ0n) is 13.5. The van der Waals surface area contributed by atoms with E-state index < -0.39 is 0 Å². The summed E-state index contributed by atoms with van der Waals surface area (Å²) in [4.78, 5) is 16.3. The molecule has 1 aliphatic carbocycles. The summed E-state index contributed by atoms with van der Waals surface area (Å²) in [6, 6.07) is 0. The van der Waals surface area contributed by atoms with Crippen LogP contribution in [0.5, 0.6) is 0 Å². The molecule has 0 saturated heterocycles. The van der Waals surface area contributed by atoms with E-state index in [4.69, 9.17) is 0 Å². The Labute approximate surface area is 128 Å². The molecule has 1 fully saturated rings. The molecule has 0 spiro atoms. The standard InChI is InChI=1S/C18H26N2O/c1-19(2)14-7-5-6-10-16-11-8-12-17(18(16)21)13-9-15-20(3)4/h5-7,9-10,13-15H,8,11-12H2,1-4H3. The van der Waals surface area contributed by atoms with Gasteiger partial charge in [0.2, 0.25) is 0 Å². The first-order chi connectivity index (χ1) is 10.0. The van der Waals surface area contributed by atoms with Crippen LogP contribution in [0.2, 0.25) is 0 Å². The van der Waals surface area contributed by atoms with Crippen molar-refractivity contribution < 1.29 is 4.79 Å². The molecule has 1 rings (SSSR count). The van der Waals surface area contributed by atoms with E-state index in [9.17, 15) is 4.79 Å². The maximum absolute atomic E-state index is 12.3. The Morgan fingerprint density at radius 1 is 0.762 bits per heavy atom. The average molecular weight is 286 g/mol. The van der Waals surface area contributed by atoms with Crippen molar-refractivity contribution in [3.05, 3.63) is 60.0 Å². The highest BCUT2D eigenvalue weighted by Gasteiger charge is 2.18. The Hall–Kier alpha value is -2.03. The van der Waals surface area contributed by atoms with E-state index in [2.05, 4.69) is 0 Å². The van der Waals surface area contributed by atoms with Gasteiger partial charge in [-0.25, -0.2) is 0 Å². The first-order valence-corrected chi connectivity index (χ1v) is 7.29. The summed E-state index contributed by atoms with van der Waals surface area (Å²) in [5.74, 6) is 0.186. The molecule has 3 nitrogen and oxygen atoms in total. The fraction of sp³-hybridized carbons (Fsp3) is 0.389. The van der Waals surface area contributed by atoms with Gasteiger partial charge < -0.3 is 9.80 Å². The predicted molar refractivity (Wildman–Crippen MR) is 89.8 cm³/mol. The Morgan fingerprint density at radius 3 is 1.86 bits per heavy atom. The predicted octanol–water partition coefficient (Wildman–Crippen LogP) is 3.30. The van der Waals surface area contributed by atoms with Crippen molar-refractivity contribution in [3.63, 3.8) is 0 Å². The lowest BCUT2D eigenvalue weighted by Crippen LogP contribution is -2.12. The number of hydrogen-bond donors (Lipinski definition) is 0. The number of rotatable bonds is 5. The van der Waals surface area contributed by atoms with E-state index in [1.165, 1.54) is 0 Å². The van der Waals surface area contributed by atoms with Crippen LogP contribution in [0.3, 0.4) is 0 Å². The van der Waals surface area contributed by atoms with Crippen LogP contribution in [0.1, 0.15) is 19.3 Å². The van der Waals surface area contributed by atoms with Crippen molar-refractivity contribution in [2.45, 2.75) is 19.3 Å². The minimum atomic E-state index is 0.186. The first kappa shape index (κ1) is 17.0. The van der Waals surface area contributed by atoms with E-state index >= 15 is 0 Å². The van der Waals surface area contributed by atoms with Gasteiger partial charge in [0.1, 0.15) is 0 Å². The van der Waals surface area contributed by atoms with E-state index in [1.807, 2.05) is 86.8 Å². The summed E-state index contributed by atoms with van der Waals surface area (Å²) >= 11 is 0. The molecule has 0 unspecified atom stereocenters. The van der Waals surface area contributed by atoms with E-state index in [0.717, 1.165) is 30.4 Å². The van der Waals surface area contributed by atoms with Gasteiger partial charge >= 0.3 is 0 Å². The third-order valence-corrected chi connectivity index (χ3v) is 3.06. The molecule has 0 bridgehead atoms. The molecule has 0 aliphatic heterocycles. The maximum Gasteiger partial charge on any atom is 0.184 e. The molecule has 114 valence electrons. The fourth-order valence-corrected chi connectivity index (χ4v) is 2.01. The summed E-state index contributed by atoms with van der Waals surface area (Å²) < 4.78 is 0. The first-order valence-electron chi connectivity index (χ1n) is 7.29. The quantitative estimate of drug-likeness (QED) is 0.572.